The van der Waals surface area contributed by atoms with Crippen LogP contribution in [0.4, 0.5) is 0 Å². The Bertz CT molecular complexity index is 460. The van der Waals surface area contributed by atoms with Crippen LogP contribution in [0.15, 0.2) is 48.6 Å². The molecule has 0 heterocycles. The first-order valence-corrected chi connectivity index (χ1v) is 10.6. The Labute approximate surface area is 157 Å². The van der Waals surface area contributed by atoms with E-state index in [-0.39, 0.29) is 0 Å². The maximum Gasteiger partial charge on any atom is -0.00377 e. The molecule has 0 amide bonds. The molecule has 2 aliphatic rings. The summed E-state index contributed by atoms with van der Waals surface area (Å²) >= 11 is 0. The van der Waals surface area contributed by atoms with Gasteiger partial charge in [-0.25, -0.2) is 0 Å². The molecule has 0 saturated heterocycles. The zero-order valence-electron chi connectivity index (χ0n) is 17.1. The molecular weight excluding hydrogens is 300 g/mol. The minimum atomic E-state index is 0.748. The lowest BCUT2D eigenvalue weighted by molar-refractivity contribution is 0.236. The van der Waals surface area contributed by atoms with Gasteiger partial charge >= 0.3 is 0 Å². The average Bonchev–Trinajstić information content (AvgIpc) is 2.57. The summed E-state index contributed by atoms with van der Waals surface area (Å²) in [5, 5.41) is 0. The fraction of sp³-hybridized carbons (Fsp3) is 0.680. The van der Waals surface area contributed by atoms with E-state index in [0.29, 0.717) is 0 Å². The van der Waals surface area contributed by atoms with Crippen LogP contribution in [0.3, 0.4) is 0 Å². The molecule has 2 aliphatic carbocycles. The molecule has 6 atom stereocenters. The van der Waals surface area contributed by atoms with E-state index >= 15 is 0 Å². The number of allylic oxidation sites excluding steroid dienone is 6. The lowest BCUT2D eigenvalue weighted by Crippen LogP contribution is -2.19. The monoisotopic (exact) mass is 340 g/mol. The zero-order valence-corrected chi connectivity index (χ0v) is 17.1. The first-order chi connectivity index (χ1) is 11.8. The summed E-state index contributed by atoms with van der Waals surface area (Å²) in [6.07, 6.45) is 18.3. The molecule has 0 heteroatoms. The van der Waals surface area contributed by atoms with Crippen molar-refractivity contribution in [2.24, 2.45) is 35.5 Å². The summed E-state index contributed by atoms with van der Waals surface area (Å²) in [4.78, 5) is 0. The van der Waals surface area contributed by atoms with Crippen LogP contribution in [0.5, 0.6) is 0 Å². The number of hydrogen-bond donors (Lipinski definition) is 0. The summed E-state index contributed by atoms with van der Waals surface area (Å²) in [5.41, 5.74) is 2.40. The summed E-state index contributed by atoms with van der Waals surface area (Å²) in [6.45, 7) is 18.1. The van der Waals surface area contributed by atoms with Crippen LogP contribution in [0.1, 0.15) is 72.6 Å². The molecule has 0 aliphatic heterocycles. The van der Waals surface area contributed by atoms with Gasteiger partial charge in [-0.05, 0) is 80.5 Å². The maximum atomic E-state index is 4.25. The molecule has 2 saturated carbocycles. The highest BCUT2D eigenvalue weighted by atomic mass is 14.3. The zero-order chi connectivity index (χ0) is 18.4. The van der Waals surface area contributed by atoms with Crippen molar-refractivity contribution >= 4 is 0 Å². The molecule has 0 aromatic heterocycles. The molecule has 2 rings (SSSR count). The van der Waals surface area contributed by atoms with Gasteiger partial charge in [0.25, 0.3) is 0 Å². The van der Waals surface area contributed by atoms with Gasteiger partial charge < -0.3 is 0 Å². The van der Waals surface area contributed by atoms with Crippen molar-refractivity contribution in [2.45, 2.75) is 72.6 Å². The van der Waals surface area contributed by atoms with Crippen molar-refractivity contribution in [3.8, 4) is 0 Å². The fourth-order valence-corrected chi connectivity index (χ4v) is 4.48. The van der Waals surface area contributed by atoms with Gasteiger partial charge in [0.1, 0.15) is 0 Å². The van der Waals surface area contributed by atoms with E-state index in [1.54, 1.807) is 0 Å². The Kier molecular flexibility index (Phi) is 7.79. The Balaban J connectivity index is 1.73. The fourth-order valence-electron chi connectivity index (χ4n) is 4.48. The van der Waals surface area contributed by atoms with Gasteiger partial charge in [-0.2, -0.15) is 0 Å². The van der Waals surface area contributed by atoms with E-state index in [0.717, 1.165) is 41.9 Å². The van der Waals surface area contributed by atoms with Crippen LogP contribution in [-0.2, 0) is 0 Å². The Hall–Kier alpha value is -1.04. The third-order valence-corrected chi connectivity index (χ3v) is 6.94. The van der Waals surface area contributed by atoms with Crippen molar-refractivity contribution in [1.29, 1.82) is 0 Å². The molecule has 0 aromatic carbocycles. The number of hydrogen-bond acceptors (Lipinski definition) is 0. The number of rotatable bonds is 6. The van der Waals surface area contributed by atoms with E-state index in [4.69, 9.17) is 0 Å². The minimum absolute atomic E-state index is 0.748. The Morgan fingerprint density at radius 2 is 1.08 bits per heavy atom. The molecule has 0 N–H and O–H groups in total. The van der Waals surface area contributed by atoms with Gasteiger partial charge in [0.05, 0.1) is 0 Å². The molecule has 0 nitrogen and oxygen atoms in total. The topological polar surface area (TPSA) is 0 Å². The first-order valence-electron chi connectivity index (χ1n) is 10.6. The average molecular weight is 341 g/mol. The van der Waals surface area contributed by atoms with Crippen LogP contribution in [0.2, 0.25) is 0 Å². The molecule has 140 valence electrons. The molecular formula is C25H40. The molecule has 0 bridgehead atoms. The van der Waals surface area contributed by atoms with Crippen molar-refractivity contribution in [3.05, 3.63) is 48.6 Å². The molecule has 0 aromatic rings. The SMILES string of the molecule is C=C(/C=C/C1CCC(C)C(C)C1)CC(=C)/C=C/C1CCC(C)C(C)C1. The molecule has 2 fully saturated rings. The van der Waals surface area contributed by atoms with Gasteiger partial charge in [-0.1, -0.05) is 76.3 Å². The maximum absolute atomic E-state index is 4.25. The first kappa shape index (κ1) is 20.3. The third-order valence-electron chi connectivity index (χ3n) is 6.94. The summed E-state index contributed by atoms with van der Waals surface area (Å²) in [6, 6.07) is 0. The van der Waals surface area contributed by atoms with Crippen LogP contribution in [0.25, 0.3) is 0 Å². The Morgan fingerprint density at radius 3 is 1.44 bits per heavy atom. The second-order valence-corrected chi connectivity index (χ2v) is 9.27. The molecule has 25 heavy (non-hydrogen) atoms. The van der Waals surface area contributed by atoms with Crippen molar-refractivity contribution < 1.29 is 0 Å². The van der Waals surface area contributed by atoms with Gasteiger partial charge in [-0.3, -0.25) is 0 Å². The van der Waals surface area contributed by atoms with Gasteiger partial charge in [-0.15, -0.1) is 0 Å². The normalized spacial score (nSPS) is 36.8. The Morgan fingerprint density at radius 1 is 0.680 bits per heavy atom. The third kappa shape index (κ3) is 6.65. The second kappa shape index (κ2) is 9.60. The van der Waals surface area contributed by atoms with Gasteiger partial charge in [0.15, 0.2) is 0 Å². The summed E-state index contributed by atoms with van der Waals surface area (Å²) in [5.74, 6) is 4.99. The molecule has 6 unspecified atom stereocenters. The van der Waals surface area contributed by atoms with E-state index in [9.17, 15) is 0 Å². The van der Waals surface area contributed by atoms with E-state index in [1.807, 2.05) is 0 Å². The quantitative estimate of drug-likeness (QED) is 0.434. The predicted octanol–water partition coefficient (Wildman–Crippen LogP) is 7.75. The largest absolute Gasteiger partial charge is 0.0955 e. The van der Waals surface area contributed by atoms with E-state index in [1.165, 1.54) is 49.7 Å². The highest BCUT2D eigenvalue weighted by Gasteiger charge is 2.23. The van der Waals surface area contributed by atoms with Gasteiger partial charge in [0, 0.05) is 0 Å². The summed E-state index contributed by atoms with van der Waals surface area (Å²) < 4.78 is 0. The predicted molar refractivity (Wildman–Crippen MR) is 113 cm³/mol. The van der Waals surface area contributed by atoms with Crippen molar-refractivity contribution in [2.75, 3.05) is 0 Å². The second-order valence-electron chi connectivity index (χ2n) is 9.27. The lowest BCUT2D eigenvalue weighted by atomic mass is 9.75. The molecule has 0 spiro atoms. The van der Waals surface area contributed by atoms with Crippen LogP contribution in [0, 0.1) is 35.5 Å². The standard InChI is InChI=1S/C25H40/c1-18(7-11-24-13-9-20(3)22(5)16-24)15-19(2)8-12-25-14-10-21(4)23(6)17-25/h7-8,11-12,20-25H,1-2,9-10,13-17H2,3-6H3/b11-7+,12-8+. The van der Waals surface area contributed by atoms with Crippen molar-refractivity contribution in [3.63, 3.8) is 0 Å². The summed E-state index contributed by atoms with van der Waals surface area (Å²) in [7, 11) is 0. The van der Waals surface area contributed by atoms with Crippen LogP contribution in [-0.4, -0.2) is 0 Å². The highest BCUT2D eigenvalue weighted by Crippen LogP contribution is 2.35. The molecule has 0 radical (unpaired) electrons. The van der Waals surface area contributed by atoms with Crippen LogP contribution >= 0.6 is 0 Å². The van der Waals surface area contributed by atoms with E-state index in [2.05, 4.69) is 65.2 Å². The van der Waals surface area contributed by atoms with Crippen LogP contribution < -0.4 is 0 Å². The smallest absolute Gasteiger partial charge is 0.00377 e. The minimum Gasteiger partial charge on any atom is -0.0955 e. The lowest BCUT2D eigenvalue weighted by Gasteiger charge is -2.30. The van der Waals surface area contributed by atoms with Crippen molar-refractivity contribution in [1.82, 2.24) is 0 Å². The van der Waals surface area contributed by atoms with E-state index < -0.39 is 0 Å². The highest BCUT2D eigenvalue weighted by molar-refractivity contribution is 5.27. The van der Waals surface area contributed by atoms with Gasteiger partial charge in [0.2, 0.25) is 0 Å².